The maximum absolute atomic E-state index is 13.0. The standard InChI is InChI=1S/C10H4F4INO/c11-4-1-5-7(17)3-8(10(12,13)14)16-9(5)6(15)2-4/h1-3H,(H,16,17). The summed E-state index contributed by atoms with van der Waals surface area (Å²) in [5.41, 5.74) is -2.00. The normalized spacial score (nSPS) is 12.1. The first kappa shape index (κ1) is 12.3. The summed E-state index contributed by atoms with van der Waals surface area (Å²) in [7, 11) is 0. The van der Waals surface area contributed by atoms with Crippen molar-refractivity contribution in [3.63, 3.8) is 0 Å². The van der Waals surface area contributed by atoms with Gasteiger partial charge in [0.2, 0.25) is 0 Å². The lowest BCUT2D eigenvalue weighted by Crippen LogP contribution is -2.14. The molecule has 1 aromatic carbocycles. The minimum absolute atomic E-state index is 0.00757. The van der Waals surface area contributed by atoms with Crippen molar-refractivity contribution >= 4 is 33.5 Å². The summed E-state index contributed by atoms with van der Waals surface area (Å²) in [5.74, 6) is -0.660. The zero-order valence-corrected chi connectivity index (χ0v) is 10.2. The third kappa shape index (κ3) is 2.28. The number of hydrogen-bond acceptors (Lipinski definition) is 1. The molecule has 0 spiro atoms. The number of aromatic nitrogens is 1. The van der Waals surface area contributed by atoms with Gasteiger partial charge in [-0.25, -0.2) is 4.39 Å². The van der Waals surface area contributed by atoms with Crippen LogP contribution in [-0.2, 0) is 6.18 Å². The molecule has 90 valence electrons. The molecule has 1 aromatic heterocycles. The monoisotopic (exact) mass is 357 g/mol. The van der Waals surface area contributed by atoms with Crippen LogP contribution in [0.3, 0.4) is 0 Å². The molecule has 0 bridgehead atoms. The van der Waals surface area contributed by atoms with Crippen molar-refractivity contribution in [2.24, 2.45) is 0 Å². The van der Waals surface area contributed by atoms with E-state index in [2.05, 4.69) is 4.98 Å². The fourth-order valence-corrected chi connectivity index (χ4v) is 2.15. The van der Waals surface area contributed by atoms with E-state index in [1.165, 1.54) is 0 Å². The van der Waals surface area contributed by atoms with Crippen molar-refractivity contribution in [3.8, 4) is 0 Å². The first-order valence-corrected chi connectivity index (χ1v) is 5.46. The highest BCUT2D eigenvalue weighted by Crippen LogP contribution is 2.28. The van der Waals surface area contributed by atoms with E-state index in [4.69, 9.17) is 0 Å². The van der Waals surface area contributed by atoms with Crippen molar-refractivity contribution < 1.29 is 17.6 Å². The third-order valence-electron chi connectivity index (χ3n) is 2.16. The van der Waals surface area contributed by atoms with Crippen LogP contribution >= 0.6 is 22.6 Å². The molecule has 0 aliphatic rings. The number of pyridine rings is 1. The van der Waals surface area contributed by atoms with Crippen LogP contribution in [0.1, 0.15) is 5.69 Å². The van der Waals surface area contributed by atoms with Gasteiger partial charge in [-0.15, -0.1) is 0 Å². The quantitative estimate of drug-likeness (QED) is 0.570. The van der Waals surface area contributed by atoms with E-state index in [0.717, 1.165) is 12.1 Å². The second-order valence-electron chi connectivity index (χ2n) is 3.36. The number of halogens is 5. The molecular weight excluding hydrogens is 353 g/mol. The predicted octanol–water partition coefficient (Wildman–Crippen LogP) is 3.29. The Labute approximate surface area is 106 Å². The minimum atomic E-state index is -4.63. The van der Waals surface area contributed by atoms with Crippen molar-refractivity contribution in [1.29, 1.82) is 0 Å². The highest BCUT2D eigenvalue weighted by Gasteiger charge is 2.32. The Morgan fingerprint density at radius 1 is 1.18 bits per heavy atom. The van der Waals surface area contributed by atoms with E-state index >= 15 is 0 Å². The van der Waals surface area contributed by atoms with Gasteiger partial charge in [0.25, 0.3) is 0 Å². The molecule has 0 amide bonds. The molecule has 0 aliphatic carbocycles. The summed E-state index contributed by atoms with van der Waals surface area (Å²) < 4.78 is 50.6. The highest BCUT2D eigenvalue weighted by molar-refractivity contribution is 14.1. The van der Waals surface area contributed by atoms with Crippen molar-refractivity contribution in [3.05, 3.63) is 43.5 Å². The number of aromatic amines is 1. The SMILES string of the molecule is O=c1cc(C(F)(F)F)[nH]c2c(I)cc(F)cc12. The number of nitrogens with one attached hydrogen (secondary N) is 1. The van der Waals surface area contributed by atoms with E-state index < -0.39 is 23.1 Å². The van der Waals surface area contributed by atoms with Crippen LogP contribution < -0.4 is 5.43 Å². The van der Waals surface area contributed by atoms with Crippen LogP contribution in [0.5, 0.6) is 0 Å². The molecule has 0 fully saturated rings. The van der Waals surface area contributed by atoms with Crippen LogP contribution in [0, 0.1) is 9.39 Å². The van der Waals surface area contributed by atoms with Gasteiger partial charge in [-0.2, -0.15) is 13.2 Å². The van der Waals surface area contributed by atoms with Gasteiger partial charge in [0.1, 0.15) is 11.5 Å². The van der Waals surface area contributed by atoms with Gasteiger partial charge in [-0.1, -0.05) is 0 Å². The lowest BCUT2D eigenvalue weighted by Gasteiger charge is -2.08. The second kappa shape index (κ2) is 3.97. The zero-order chi connectivity index (χ0) is 12.8. The van der Waals surface area contributed by atoms with Gasteiger partial charge in [-0.3, -0.25) is 4.79 Å². The smallest absolute Gasteiger partial charge is 0.350 e. The molecule has 7 heteroatoms. The fraction of sp³-hybridized carbons (Fsp3) is 0.100. The highest BCUT2D eigenvalue weighted by atomic mass is 127. The van der Waals surface area contributed by atoms with E-state index in [0.29, 0.717) is 6.07 Å². The summed E-state index contributed by atoms with van der Waals surface area (Å²) >= 11 is 1.67. The molecule has 0 saturated heterocycles. The predicted molar refractivity (Wildman–Crippen MR) is 62.2 cm³/mol. The Morgan fingerprint density at radius 2 is 1.82 bits per heavy atom. The molecule has 0 radical (unpaired) electrons. The number of rotatable bonds is 0. The number of alkyl halides is 3. The van der Waals surface area contributed by atoms with E-state index in [1.54, 1.807) is 22.6 Å². The van der Waals surface area contributed by atoms with Crippen molar-refractivity contribution in [2.75, 3.05) is 0 Å². The number of H-pyrrole nitrogens is 1. The fourth-order valence-electron chi connectivity index (χ4n) is 1.43. The Balaban J connectivity index is 2.88. The summed E-state index contributed by atoms with van der Waals surface area (Å²) in [5, 5.41) is -0.0950. The molecule has 17 heavy (non-hydrogen) atoms. The average molecular weight is 357 g/mol. The molecular formula is C10H4F4INO. The van der Waals surface area contributed by atoms with E-state index in [1.807, 2.05) is 0 Å². The first-order valence-electron chi connectivity index (χ1n) is 4.38. The van der Waals surface area contributed by atoms with Gasteiger partial charge >= 0.3 is 6.18 Å². The largest absolute Gasteiger partial charge is 0.431 e. The maximum Gasteiger partial charge on any atom is 0.431 e. The van der Waals surface area contributed by atoms with Crippen LogP contribution in [0.4, 0.5) is 17.6 Å². The Morgan fingerprint density at radius 3 is 2.41 bits per heavy atom. The molecule has 1 N–H and O–H groups in total. The maximum atomic E-state index is 13.0. The summed E-state index contributed by atoms with van der Waals surface area (Å²) in [6.07, 6.45) is -4.63. The topological polar surface area (TPSA) is 32.9 Å². The van der Waals surface area contributed by atoms with Gasteiger partial charge < -0.3 is 4.98 Å². The number of hydrogen-bond donors (Lipinski definition) is 1. The Hall–Kier alpha value is -1.12. The molecule has 1 heterocycles. The Kier molecular flexibility index (Phi) is 2.88. The third-order valence-corrected chi connectivity index (χ3v) is 3.01. The van der Waals surface area contributed by atoms with Crippen LogP contribution in [0.15, 0.2) is 23.0 Å². The molecule has 2 nitrogen and oxygen atoms in total. The molecule has 0 aliphatic heterocycles. The van der Waals surface area contributed by atoms with Gasteiger partial charge in [-0.05, 0) is 34.7 Å². The van der Waals surface area contributed by atoms with Crippen LogP contribution in [0.2, 0.25) is 0 Å². The lowest BCUT2D eigenvalue weighted by atomic mass is 10.2. The lowest BCUT2D eigenvalue weighted by molar-refractivity contribution is -0.141. The minimum Gasteiger partial charge on any atom is -0.350 e. The van der Waals surface area contributed by atoms with Crippen molar-refractivity contribution in [2.45, 2.75) is 6.18 Å². The summed E-state index contributed by atoms with van der Waals surface area (Å²) in [4.78, 5) is 13.6. The average Bonchev–Trinajstić information content (AvgIpc) is 2.17. The molecule has 0 unspecified atom stereocenters. The Bertz CT molecular complexity index is 647. The molecule has 2 rings (SSSR count). The van der Waals surface area contributed by atoms with Crippen molar-refractivity contribution in [1.82, 2.24) is 4.98 Å². The number of benzene rings is 1. The molecule has 0 atom stereocenters. The van der Waals surface area contributed by atoms with E-state index in [9.17, 15) is 22.4 Å². The second-order valence-corrected chi connectivity index (χ2v) is 4.52. The van der Waals surface area contributed by atoms with Crippen LogP contribution in [-0.4, -0.2) is 4.98 Å². The van der Waals surface area contributed by atoms with Crippen LogP contribution in [0.25, 0.3) is 10.9 Å². The first-order chi connectivity index (χ1) is 7.79. The van der Waals surface area contributed by atoms with Gasteiger partial charge in [0.05, 0.1) is 5.52 Å². The summed E-state index contributed by atoms with van der Waals surface area (Å²) in [6.45, 7) is 0. The van der Waals surface area contributed by atoms with E-state index in [-0.39, 0.29) is 14.5 Å². The number of fused-ring (bicyclic) bond motifs is 1. The molecule has 0 saturated carbocycles. The van der Waals surface area contributed by atoms with Gasteiger partial charge in [0, 0.05) is 15.0 Å². The molecule has 2 aromatic rings. The summed E-state index contributed by atoms with van der Waals surface area (Å²) in [6, 6.07) is 2.40. The van der Waals surface area contributed by atoms with Gasteiger partial charge in [0.15, 0.2) is 5.43 Å². The zero-order valence-electron chi connectivity index (χ0n) is 8.03.